The average Bonchev–Trinajstić information content (AvgIpc) is 2.37. The number of amides is 1. The van der Waals surface area contributed by atoms with Crippen LogP contribution in [0.4, 0.5) is 0 Å². The fourth-order valence-corrected chi connectivity index (χ4v) is 2.32. The van der Waals surface area contributed by atoms with E-state index < -0.39 is 12.0 Å². The van der Waals surface area contributed by atoms with Crippen LogP contribution in [-0.2, 0) is 9.59 Å². The largest absolute Gasteiger partial charge is 0.480 e. The zero-order valence-corrected chi connectivity index (χ0v) is 11.1. The van der Waals surface area contributed by atoms with Crippen LogP contribution in [0.25, 0.3) is 0 Å². The lowest BCUT2D eigenvalue weighted by molar-refractivity contribution is -0.142. The summed E-state index contributed by atoms with van der Waals surface area (Å²) in [6.45, 7) is 3.96. The number of nitrogens with one attached hydrogen (secondary N) is 2. The van der Waals surface area contributed by atoms with Crippen molar-refractivity contribution >= 4 is 11.9 Å². The molecule has 2 unspecified atom stereocenters. The van der Waals surface area contributed by atoms with Gasteiger partial charge < -0.3 is 15.7 Å². The van der Waals surface area contributed by atoms with E-state index in [4.69, 9.17) is 5.11 Å². The molecule has 1 fully saturated rings. The van der Waals surface area contributed by atoms with E-state index in [2.05, 4.69) is 10.6 Å². The van der Waals surface area contributed by atoms with Crippen molar-refractivity contribution in [2.75, 3.05) is 13.1 Å². The number of carbonyl (C=O) groups is 2. The van der Waals surface area contributed by atoms with E-state index in [9.17, 15) is 9.59 Å². The van der Waals surface area contributed by atoms with E-state index in [1.54, 1.807) is 0 Å². The van der Waals surface area contributed by atoms with Crippen molar-refractivity contribution in [3.63, 3.8) is 0 Å². The maximum atomic E-state index is 11.7. The highest BCUT2D eigenvalue weighted by atomic mass is 16.4. The molecule has 1 aliphatic rings. The van der Waals surface area contributed by atoms with Gasteiger partial charge in [0.15, 0.2) is 0 Å². The minimum Gasteiger partial charge on any atom is -0.480 e. The van der Waals surface area contributed by atoms with Crippen LogP contribution in [0, 0.1) is 5.92 Å². The first-order valence-electron chi connectivity index (χ1n) is 6.86. The molecule has 0 spiro atoms. The standard InChI is InChI=1S/C13H24N2O3/c1-2-4-11(13(17)18)15-12(16)7-6-10-5-3-8-14-9-10/h10-11,14H,2-9H2,1H3,(H,15,16)(H,17,18). The van der Waals surface area contributed by atoms with Gasteiger partial charge in [-0.1, -0.05) is 13.3 Å². The molecule has 1 amide bonds. The lowest BCUT2D eigenvalue weighted by Crippen LogP contribution is -2.41. The predicted octanol–water partition coefficient (Wildman–Crippen LogP) is 1.14. The van der Waals surface area contributed by atoms with Gasteiger partial charge in [0, 0.05) is 6.42 Å². The lowest BCUT2D eigenvalue weighted by atomic mass is 9.94. The third-order valence-electron chi connectivity index (χ3n) is 3.39. The molecule has 3 N–H and O–H groups in total. The van der Waals surface area contributed by atoms with Crippen LogP contribution in [-0.4, -0.2) is 36.1 Å². The summed E-state index contributed by atoms with van der Waals surface area (Å²) in [5.74, 6) is -0.523. The quantitative estimate of drug-likeness (QED) is 0.638. The summed E-state index contributed by atoms with van der Waals surface area (Å²) >= 11 is 0. The number of carboxylic acid groups (broad SMARTS) is 1. The molecule has 1 heterocycles. The molecular weight excluding hydrogens is 232 g/mol. The Labute approximate surface area is 108 Å². The third-order valence-corrected chi connectivity index (χ3v) is 3.39. The molecule has 5 heteroatoms. The summed E-state index contributed by atoms with van der Waals surface area (Å²) in [6.07, 6.45) is 4.85. The Bertz CT molecular complexity index is 275. The van der Waals surface area contributed by atoms with Gasteiger partial charge in [0.05, 0.1) is 0 Å². The molecule has 1 aliphatic heterocycles. The number of aliphatic carboxylic acids is 1. The Kier molecular flexibility index (Phi) is 6.72. The molecule has 2 atom stereocenters. The molecule has 0 bridgehead atoms. The molecule has 0 aromatic carbocycles. The van der Waals surface area contributed by atoms with Gasteiger partial charge in [0.25, 0.3) is 0 Å². The highest BCUT2D eigenvalue weighted by molar-refractivity contribution is 5.83. The third kappa shape index (κ3) is 5.49. The summed E-state index contributed by atoms with van der Waals surface area (Å²) in [5, 5.41) is 14.9. The summed E-state index contributed by atoms with van der Waals surface area (Å²) in [4.78, 5) is 22.6. The van der Waals surface area contributed by atoms with Crippen LogP contribution in [0.5, 0.6) is 0 Å². The van der Waals surface area contributed by atoms with Crippen molar-refractivity contribution < 1.29 is 14.7 Å². The number of rotatable bonds is 7. The molecule has 0 aromatic rings. The Morgan fingerprint density at radius 1 is 1.50 bits per heavy atom. The highest BCUT2D eigenvalue weighted by Gasteiger charge is 2.20. The van der Waals surface area contributed by atoms with Gasteiger partial charge in [-0.2, -0.15) is 0 Å². The van der Waals surface area contributed by atoms with Crippen LogP contribution in [0.2, 0.25) is 0 Å². The number of carbonyl (C=O) groups excluding carboxylic acids is 1. The van der Waals surface area contributed by atoms with E-state index >= 15 is 0 Å². The Hall–Kier alpha value is -1.10. The number of carboxylic acids is 1. The SMILES string of the molecule is CCCC(NC(=O)CCC1CCCNC1)C(=O)O. The second-order valence-corrected chi connectivity index (χ2v) is 5.00. The Morgan fingerprint density at radius 2 is 2.28 bits per heavy atom. The molecule has 18 heavy (non-hydrogen) atoms. The molecule has 0 radical (unpaired) electrons. The fourth-order valence-electron chi connectivity index (χ4n) is 2.32. The maximum absolute atomic E-state index is 11.7. The first-order valence-corrected chi connectivity index (χ1v) is 6.86. The van der Waals surface area contributed by atoms with Crippen LogP contribution in [0.15, 0.2) is 0 Å². The van der Waals surface area contributed by atoms with Gasteiger partial charge in [-0.3, -0.25) is 4.79 Å². The summed E-state index contributed by atoms with van der Waals surface area (Å²) in [6, 6.07) is -0.730. The lowest BCUT2D eigenvalue weighted by Gasteiger charge is -2.22. The van der Waals surface area contributed by atoms with Gasteiger partial charge in [-0.05, 0) is 44.7 Å². The second kappa shape index (κ2) is 8.08. The van der Waals surface area contributed by atoms with Crippen molar-refractivity contribution in [1.29, 1.82) is 0 Å². The van der Waals surface area contributed by atoms with Gasteiger partial charge >= 0.3 is 5.97 Å². The topological polar surface area (TPSA) is 78.4 Å². The molecule has 1 saturated heterocycles. The van der Waals surface area contributed by atoms with Crippen molar-refractivity contribution in [2.45, 2.75) is 51.5 Å². The van der Waals surface area contributed by atoms with E-state index in [1.807, 2.05) is 6.92 Å². The average molecular weight is 256 g/mol. The summed E-state index contributed by atoms with van der Waals surface area (Å²) in [5.41, 5.74) is 0. The zero-order chi connectivity index (χ0) is 13.4. The zero-order valence-electron chi connectivity index (χ0n) is 11.1. The molecular formula is C13H24N2O3. The van der Waals surface area contributed by atoms with Crippen LogP contribution < -0.4 is 10.6 Å². The predicted molar refractivity (Wildman–Crippen MR) is 69.3 cm³/mol. The van der Waals surface area contributed by atoms with Gasteiger partial charge in [0.1, 0.15) is 6.04 Å². The van der Waals surface area contributed by atoms with E-state index in [1.165, 1.54) is 6.42 Å². The second-order valence-electron chi connectivity index (χ2n) is 5.00. The van der Waals surface area contributed by atoms with E-state index in [-0.39, 0.29) is 5.91 Å². The fraction of sp³-hybridized carbons (Fsp3) is 0.846. The van der Waals surface area contributed by atoms with E-state index in [0.717, 1.165) is 32.4 Å². The van der Waals surface area contributed by atoms with Crippen molar-refractivity contribution in [3.8, 4) is 0 Å². The maximum Gasteiger partial charge on any atom is 0.326 e. The van der Waals surface area contributed by atoms with Gasteiger partial charge in [-0.15, -0.1) is 0 Å². The Balaban J connectivity index is 2.24. The van der Waals surface area contributed by atoms with Crippen molar-refractivity contribution in [3.05, 3.63) is 0 Å². The first kappa shape index (κ1) is 15.0. The first-order chi connectivity index (χ1) is 8.63. The Morgan fingerprint density at radius 3 is 2.83 bits per heavy atom. The number of hydrogen-bond acceptors (Lipinski definition) is 3. The number of piperidine rings is 1. The van der Waals surface area contributed by atoms with Crippen LogP contribution in [0.1, 0.15) is 45.4 Å². The molecule has 104 valence electrons. The van der Waals surface area contributed by atoms with Crippen LogP contribution in [0.3, 0.4) is 0 Å². The van der Waals surface area contributed by atoms with E-state index in [0.29, 0.717) is 18.8 Å². The summed E-state index contributed by atoms with van der Waals surface area (Å²) < 4.78 is 0. The monoisotopic (exact) mass is 256 g/mol. The molecule has 0 aromatic heterocycles. The normalized spacial score (nSPS) is 21.3. The van der Waals surface area contributed by atoms with Gasteiger partial charge in [-0.25, -0.2) is 4.79 Å². The van der Waals surface area contributed by atoms with Crippen molar-refractivity contribution in [1.82, 2.24) is 10.6 Å². The molecule has 0 saturated carbocycles. The van der Waals surface area contributed by atoms with Crippen molar-refractivity contribution in [2.24, 2.45) is 5.92 Å². The van der Waals surface area contributed by atoms with Gasteiger partial charge in [0.2, 0.25) is 5.91 Å². The number of hydrogen-bond donors (Lipinski definition) is 3. The molecule has 1 rings (SSSR count). The summed E-state index contributed by atoms with van der Waals surface area (Å²) in [7, 11) is 0. The smallest absolute Gasteiger partial charge is 0.326 e. The minimum absolute atomic E-state index is 0.138. The minimum atomic E-state index is -0.940. The van der Waals surface area contributed by atoms with Crippen LogP contribution >= 0.6 is 0 Å². The highest BCUT2D eigenvalue weighted by Crippen LogP contribution is 2.15. The molecule has 0 aliphatic carbocycles. The molecule has 5 nitrogen and oxygen atoms in total.